The summed E-state index contributed by atoms with van der Waals surface area (Å²) in [5.74, 6) is 1.28. The molecule has 4 heteroatoms. The summed E-state index contributed by atoms with van der Waals surface area (Å²) in [4.78, 5) is 20.0. The van der Waals surface area contributed by atoms with Crippen LogP contribution in [0.25, 0.3) is 0 Å². The van der Waals surface area contributed by atoms with Crippen LogP contribution in [-0.4, -0.2) is 22.4 Å². The van der Waals surface area contributed by atoms with Crippen molar-refractivity contribution in [1.29, 1.82) is 0 Å². The number of aromatic nitrogens is 2. The first-order valence-corrected chi connectivity index (χ1v) is 8.52. The van der Waals surface area contributed by atoms with E-state index in [1.807, 2.05) is 24.5 Å². The first kappa shape index (κ1) is 15.8. The van der Waals surface area contributed by atoms with Gasteiger partial charge in [0.15, 0.2) is 0 Å². The third-order valence-corrected chi connectivity index (χ3v) is 4.94. The predicted molar refractivity (Wildman–Crippen MR) is 91.5 cm³/mol. The molecule has 1 aliphatic carbocycles. The van der Waals surface area contributed by atoms with E-state index >= 15 is 0 Å². The van der Waals surface area contributed by atoms with E-state index in [0.29, 0.717) is 18.4 Å². The summed E-state index contributed by atoms with van der Waals surface area (Å²) in [6.45, 7) is 5.00. The van der Waals surface area contributed by atoms with Crippen molar-refractivity contribution in [2.24, 2.45) is 5.92 Å². The van der Waals surface area contributed by atoms with Crippen molar-refractivity contribution in [1.82, 2.24) is 15.3 Å². The zero-order valence-electron chi connectivity index (χ0n) is 13.9. The second kappa shape index (κ2) is 6.99. The van der Waals surface area contributed by atoms with E-state index in [-0.39, 0.29) is 11.8 Å². The molecule has 2 aromatic heterocycles. The Morgan fingerprint density at radius 1 is 1.39 bits per heavy atom. The molecule has 2 heterocycles. The molecule has 0 bridgehead atoms. The van der Waals surface area contributed by atoms with Crippen LogP contribution in [0.1, 0.15) is 66.6 Å². The molecular weight excluding hydrogens is 286 g/mol. The zero-order chi connectivity index (χ0) is 16.2. The molecule has 1 aliphatic rings. The van der Waals surface area contributed by atoms with Gasteiger partial charge in [0.1, 0.15) is 0 Å². The minimum absolute atomic E-state index is 0.0303. The lowest BCUT2D eigenvalue weighted by atomic mass is 9.81. The van der Waals surface area contributed by atoms with E-state index < -0.39 is 0 Å². The second-order valence-electron chi connectivity index (χ2n) is 6.78. The Bertz CT molecular complexity index is 644. The highest BCUT2D eigenvalue weighted by Crippen LogP contribution is 2.37. The fourth-order valence-electron chi connectivity index (χ4n) is 3.25. The van der Waals surface area contributed by atoms with Crippen LogP contribution < -0.4 is 5.32 Å². The van der Waals surface area contributed by atoms with Gasteiger partial charge in [-0.25, -0.2) is 0 Å². The number of rotatable bonds is 6. The van der Waals surface area contributed by atoms with Gasteiger partial charge in [-0.2, -0.15) is 0 Å². The average molecular weight is 311 g/mol. The summed E-state index contributed by atoms with van der Waals surface area (Å²) in [6.07, 6.45) is 9.19. The molecule has 1 amide bonds. The van der Waals surface area contributed by atoms with Gasteiger partial charge in [-0.1, -0.05) is 26.3 Å². The lowest BCUT2D eigenvalue weighted by Crippen LogP contribution is -2.31. The number of hydrogen-bond donors (Lipinski definition) is 2. The second-order valence-corrected chi connectivity index (χ2v) is 6.78. The van der Waals surface area contributed by atoms with Crippen LogP contribution in [0.3, 0.4) is 0 Å². The molecule has 122 valence electrons. The molecule has 4 nitrogen and oxygen atoms in total. The SMILES string of the molecule is CC(C)C(CNC(=O)c1cc[nH]c1C1CCC1)c1cccnc1. The van der Waals surface area contributed by atoms with Crippen LogP contribution in [0.2, 0.25) is 0 Å². The molecule has 23 heavy (non-hydrogen) atoms. The molecule has 0 spiro atoms. The monoisotopic (exact) mass is 311 g/mol. The Labute approximate surface area is 137 Å². The summed E-state index contributed by atoms with van der Waals surface area (Å²) in [7, 11) is 0. The van der Waals surface area contributed by atoms with Crippen molar-refractivity contribution in [3.8, 4) is 0 Å². The Morgan fingerprint density at radius 3 is 2.83 bits per heavy atom. The van der Waals surface area contributed by atoms with Crippen LogP contribution in [0, 0.1) is 5.92 Å². The van der Waals surface area contributed by atoms with E-state index in [0.717, 1.165) is 11.3 Å². The molecule has 1 unspecified atom stereocenters. The molecule has 1 saturated carbocycles. The summed E-state index contributed by atoms with van der Waals surface area (Å²) in [5, 5.41) is 3.12. The Kier molecular flexibility index (Phi) is 4.79. The van der Waals surface area contributed by atoms with Crippen LogP contribution >= 0.6 is 0 Å². The average Bonchev–Trinajstić information content (AvgIpc) is 2.95. The smallest absolute Gasteiger partial charge is 0.253 e. The normalized spacial score (nSPS) is 16.1. The van der Waals surface area contributed by atoms with Gasteiger partial charge < -0.3 is 10.3 Å². The van der Waals surface area contributed by atoms with Crippen molar-refractivity contribution in [2.75, 3.05) is 6.54 Å². The van der Waals surface area contributed by atoms with Gasteiger partial charge in [0, 0.05) is 36.7 Å². The van der Waals surface area contributed by atoms with Gasteiger partial charge in [-0.05, 0) is 42.4 Å². The Hall–Kier alpha value is -2.10. The van der Waals surface area contributed by atoms with Crippen molar-refractivity contribution in [3.63, 3.8) is 0 Å². The quantitative estimate of drug-likeness (QED) is 0.851. The van der Waals surface area contributed by atoms with E-state index in [4.69, 9.17) is 0 Å². The van der Waals surface area contributed by atoms with Gasteiger partial charge in [0.2, 0.25) is 0 Å². The van der Waals surface area contributed by atoms with Crippen molar-refractivity contribution in [3.05, 3.63) is 53.6 Å². The topological polar surface area (TPSA) is 57.8 Å². The summed E-state index contributed by atoms with van der Waals surface area (Å²) >= 11 is 0. The number of hydrogen-bond acceptors (Lipinski definition) is 2. The van der Waals surface area contributed by atoms with Crippen LogP contribution in [0.15, 0.2) is 36.8 Å². The maximum Gasteiger partial charge on any atom is 0.253 e. The highest BCUT2D eigenvalue weighted by atomic mass is 16.1. The van der Waals surface area contributed by atoms with Crippen LogP contribution in [0.5, 0.6) is 0 Å². The highest BCUT2D eigenvalue weighted by Gasteiger charge is 2.26. The van der Waals surface area contributed by atoms with E-state index in [1.54, 1.807) is 6.20 Å². The Balaban J connectivity index is 1.67. The molecule has 2 aromatic rings. The summed E-state index contributed by atoms with van der Waals surface area (Å²) in [6, 6.07) is 5.94. The predicted octanol–water partition coefficient (Wildman–Crippen LogP) is 3.85. The maximum atomic E-state index is 12.6. The van der Waals surface area contributed by atoms with Crippen LogP contribution in [-0.2, 0) is 0 Å². The van der Waals surface area contributed by atoms with Gasteiger partial charge in [0.05, 0.1) is 5.56 Å². The zero-order valence-corrected chi connectivity index (χ0v) is 13.9. The minimum atomic E-state index is 0.0303. The fraction of sp³-hybridized carbons (Fsp3) is 0.474. The van der Waals surface area contributed by atoms with E-state index in [9.17, 15) is 4.79 Å². The van der Waals surface area contributed by atoms with Crippen LogP contribution in [0.4, 0.5) is 0 Å². The third kappa shape index (κ3) is 3.46. The van der Waals surface area contributed by atoms with Crippen molar-refractivity contribution in [2.45, 2.75) is 44.9 Å². The number of carbonyl (C=O) groups is 1. The number of carbonyl (C=O) groups excluding carboxylic acids is 1. The fourth-order valence-corrected chi connectivity index (χ4v) is 3.25. The number of H-pyrrole nitrogens is 1. The first-order valence-electron chi connectivity index (χ1n) is 8.52. The van der Waals surface area contributed by atoms with E-state index in [2.05, 4.69) is 35.2 Å². The summed E-state index contributed by atoms with van der Waals surface area (Å²) in [5.41, 5.74) is 3.09. The van der Waals surface area contributed by atoms with Gasteiger partial charge in [-0.3, -0.25) is 9.78 Å². The van der Waals surface area contributed by atoms with Gasteiger partial charge in [-0.15, -0.1) is 0 Å². The molecule has 1 fully saturated rings. The molecule has 0 aromatic carbocycles. The third-order valence-electron chi connectivity index (χ3n) is 4.94. The summed E-state index contributed by atoms with van der Waals surface area (Å²) < 4.78 is 0. The molecule has 2 N–H and O–H groups in total. The van der Waals surface area contributed by atoms with Gasteiger partial charge in [0.25, 0.3) is 5.91 Å². The Morgan fingerprint density at radius 2 is 2.22 bits per heavy atom. The number of pyridine rings is 1. The maximum absolute atomic E-state index is 12.6. The molecule has 0 radical (unpaired) electrons. The number of nitrogens with one attached hydrogen (secondary N) is 2. The van der Waals surface area contributed by atoms with Gasteiger partial charge >= 0.3 is 0 Å². The number of aromatic amines is 1. The first-order chi connectivity index (χ1) is 11.2. The molecule has 0 aliphatic heterocycles. The molecular formula is C19H25N3O. The molecule has 3 rings (SSSR count). The minimum Gasteiger partial charge on any atom is -0.364 e. The molecule has 0 saturated heterocycles. The largest absolute Gasteiger partial charge is 0.364 e. The van der Waals surface area contributed by atoms with Crippen molar-refractivity contribution >= 4 is 5.91 Å². The standard InChI is InChI=1S/C19H25N3O/c1-13(2)17(15-7-4-9-20-11-15)12-22-19(23)16-8-10-21-18(16)14-5-3-6-14/h4,7-11,13-14,17,21H,3,5-6,12H2,1-2H3,(H,22,23). The lowest BCUT2D eigenvalue weighted by molar-refractivity contribution is 0.0947. The van der Waals surface area contributed by atoms with Crippen molar-refractivity contribution < 1.29 is 4.79 Å². The number of amides is 1. The van der Waals surface area contributed by atoms with E-state index in [1.165, 1.54) is 24.8 Å². The lowest BCUT2D eigenvalue weighted by Gasteiger charge is -2.26. The highest BCUT2D eigenvalue weighted by molar-refractivity contribution is 5.95. The molecule has 1 atom stereocenters. The number of nitrogens with zero attached hydrogens (tertiary/aromatic N) is 1.